The van der Waals surface area contributed by atoms with Gasteiger partial charge in [-0.05, 0) is 55.5 Å². The topological polar surface area (TPSA) is 30.5 Å². The van der Waals surface area contributed by atoms with Gasteiger partial charge >= 0.3 is 0 Å². The molecule has 0 spiro atoms. The van der Waals surface area contributed by atoms with Gasteiger partial charge < -0.3 is 14.8 Å². The Balaban J connectivity index is 1.86. The smallest absolute Gasteiger partial charge is 0.231 e. The van der Waals surface area contributed by atoms with Crippen molar-refractivity contribution in [3.8, 4) is 11.5 Å². The minimum Gasteiger partial charge on any atom is -0.454 e. The zero-order chi connectivity index (χ0) is 12.2. The van der Waals surface area contributed by atoms with Crippen LogP contribution in [-0.2, 0) is 12.0 Å². The van der Waals surface area contributed by atoms with E-state index in [1.165, 1.54) is 43.2 Å². The van der Waals surface area contributed by atoms with Crippen molar-refractivity contribution in [3.63, 3.8) is 0 Å². The zero-order valence-electron chi connectivity index (χ0n) is 10.8. The van der Waals surface area contributed by atoms with Gasteiger partial charge in [0.1, 0.15) is 0 Å². The Morgan fingerprint density at radius 1 is 1.22 bits per heavy atom. The summed E-state index contributed by atoms with van der Waals surface area (Å²) in [7, 11) is 2.11. The first-order valence-electron chi connectivity index (χ1n) is 6.95. The monoisotopic (exact) mass is 245 g/mol. The highest BCUT2D eigenvalue weighted by molar-refractivity contribution is 5.53. The lowest BCUT2D eigenvalue weighted by Crippen LogP contribution is -2.46. The van der Waals surface area contributed by atoms with E-state index < -0.39 is 0 Å². The van der Waals surface area contributed by atoms with Crippen LogP contribution in [0.1, 0.15) is 36.8 Å². The molecule has 3 heteroatoms. The lowest BCUT2D eigenvalue weighted by Gasteiger charge is -2.40. The van der Waals surface area contributed by atoms with Crippen LogP contribution in [0.4, 0.5) is 0 Å². The fourth-order valence-corrected chi connectivity index (χ4v) is 4.17. The highest BCUT2D eigenvalue weighted by atomic mass is 16.7. The van der Waals surface area contributed by atoms with E-state index in [2.05, 4.69) is 24.5 Å². The average Bonchev–Trinajstić information content (AvgIpc) is 2.97. The lowest BCUT2D eigenvalue weighted by molar-refractivity contribution is 0.166. The third kappa shape index (κ3) is 1.23. The van der Waals surface area contributed by atoms with Crippen molar-refractivity contribution in [1.82, 2.24) is 5.32 Å². The molecule has 0 bridgehead atoms. The van der Waals surface area contributed by atoms with Crippen LogP contribution in [0.3, 0.4) is 0 Å². The van der Waals surface area contributed by atoms with Crippen molar-refractivity contribution < 1.29 is 9.47 Å². The Kier molecular flexibility index (Phi) is 2.16. The summed E-state index contributed by atoms with van der Waals surface area (Å²) in [6.07, 6.45) is 6.47. The maximum absolute atomic E-state index is 5.54. The van der Waals surface area contributed by atoms with Crippen molar-refractivity contribution in [2.45, 2.75) is 37.6 Å². The van der Waals surface area contributed by atoms with E-state index in [0.717, 1.165) is 17.4 Å². The molecule has 0 saturated heterocycles. The molecule has 1 fully saturated rings. The maximum atomic E-state index is 5.54. The van der Waals surface area contributed by atoms with Crippen LogP contribution >= 0.6 is 0 Å². The number of benzene rings is 1. The summed E-state index contributed by atoms with van der Waals surface area (Å²) in [5, 5.41) is 3.63. The second-order valence-electron chi connectivity index (χ2n) is 5.73. The van der Waals surface area contributed by atoms with Gasteiger partial charge in [0.25, 0.3) is 0 Å². The van der Waals surface area contributed by atoms with Gasteiger partial charge in [0.15, 0.2) is 11.5 Å². The summed E-state index contributed by atoms with van der Waals surface area (Å²) < 4.78 is 11.0. The third-order valence-electron chi connectivity index (χ3n) is 5.06. The van der Waals surface area contributed by atoms with Crippen LogP contribution in [0.5, 0.6) is 11.5 Å². The van der Waals surface area contributed by atoms with E-state index in [1.807, 2.05) is 0 Å². The first kappa shape index (κ1) is 10.7. The predicted octanol–water partition coefficient (Wildman–Crippen LogP) is 2.58. The van der Waals surface area contributed by atoms with Gasteiger partial charge in [0, 0.05) is 5.54 Å². The number of nitrogens with one attached hydrogen (secondary N) is 1. The van der Waals surface area contributed by atoms with Gasteiger partial charge in [-0.25, -0.2) is 0 Å². The molecule has 3 nitrogen and oxygen atoms in total. The number of rotatable bonds is 1. The average molecular weight is 245 g/mol. The van der Waals surface area contributed by atoms with E-state index in [-0.39, 0.29) is 5.54 Å². The van der Waals surface area contributed by atoms with E-state index in [9.17, 15) is 0 Å². The Bertz CT molecular complexity index is 500. The van der Waals surface area contributed by atoms with Gasteiger partial charge in [0.2, 0.25) is 6.79 Å². The molecule has 0 radical (unpaired) electrons. The van der Waals surface area contributed by atoms with Crippen LogP contribution in [0.15, 0.2) is 12.1 Å². The standard InChI is InChI=1S/C15H19NO2/c1-16-15-5-3-2-4-11(15)6-10-7-13-14(8-12(10)15)18-9-17-13/h7-8,11,16H,2-6,9H2,1H3. The predicted molar refractivity (Wildman–Crippen MR) is 69.0 cm³/mol. The van der Waals surface area contributed by atoms with Gasteiger partial charge in [-0.15, -0.1) is 0 Å². The Hall–Kier alpha value is -1.22. The van der Waals surface area contributed by atoms with Crippen molar-refractivity contribution in [2.24, 2.45) is 5.92 Å². The van der Waals surface area contributed by atoms with Crippen molar-refractivity contribution in [2.75, 3.05) is 13.8 Å². The lowest BCUT2D eigenvalue weighted by atomic mass is 9.73. The van der Waals surface area contributed by atoms with Gasteiger partial charge in [-0.3, -0.25) is 0 Å². The second kappa shape index (κ2) is 3.64. The van der Waals surface area contributed by atoms with Crippen LogP contribution in [0.25, 0.3) is 0 Å². The fourth-order valence-electron chi connectivity index (χ4n) is 4.17. The first-order valence-corrected chi connectivity index (χ1v) is 6.95. The summed E-state index contributed by atoms with van der Waals surface area (Å²) in [4.78, 5) is 0. The van der Waals surface area contributed by atoms with Crippen LogP contribution in [-0.4, -0.2) is 13.8 Å². The molecule has 2 aliphatic carbocycles. The van der Waals surface area contributed by atoms with Crippen molar-refractivity contribution in [3.05, 3.63) is 23.3 Å². The SMILES string of the molecule is CNC12CCCCC1Cc1cc3c(cc12)OCO3. The normalized spacial score (nSPS) is 32.2. The number of ether oxygens (including phenoxy) is 2. The molecule has 18 heavy (non-hydrogen) atoms. The van der Waals surface area contributed by atoms with E-state index in [0.29, 0.717) is 6.79 Å². The van der Waals surface area contributed by atoms with Crippen LogP contribution in [0, 0.1) is 5.92 Å². The summed E-state index contributed by atoms with van der Waals surface area (Å²) in [5.41, 5.74) is 3.11. The molecule has 4 rings (SSSR count). The summed E-state index contributed by atoms with van der Waals surface area (Å²) in [6, 6.07) is 4.43. The molecule has 96 valence electrons. The number of hydrogen-bond donors (Lipinski definition) is 1. The first-order chi connectivity index (χ1) is 8.83. The third-order valence-corrected chi connectivity index (χ3v) is 5.06. The summed E-state index contributed by atoms with van der Waals surface area (Å²) in [6.45, 7) is 0.369. The molecule has 0 amide bonds. The molecule has 1 heterocycles. The van der Waals surface area contributed by atoms with Crippen LogP contribution < -0.4 is 14.8 Å². The maximum Gasteiger partial charge on any atom is 0.231 e. The van der Waals surface area contributed by atoms with Crippen molar-refractivity contribution >= 4 is 0 Å². The Morgan fingerprint density at radius 2 is 2.06 bits per heavy atom. The molecule has 1 aliphatic heterocycles. The fraction of sp³-hybridized carbons (Fsp3) is 0.600. The van der Waals surface area contributed by atoms with Crippen LogP contribution in [0.2, 0.25) is 0 Å². The highest BCUT2D eigenvalue weighted by Crippen LogP contribution is 2.52. The number of hydrogen-bond acceptors (Lipinski definition) is 3. The quantitative estimate of drug-likeness (QED) is 0.825. The summed E-state index contributed by atoms with van der Waals surface area (Å²) in [5.74, 6) is 2.60. The minimum atomic E-state index is 0.189. The zero-order valence-corrected chi connectivity index (χ0v) is 10.8. The Morgan fingerprint density at radius 3 is 2.89 bits per heavy atom. The van der Waals surface area contributed by atoms with E-state index in [4.69, 9.17) is 9.47 Å². The van der Waals surface area contributed by atoms with Gasteiger partial charge in [-0.1, -0.05) is 12.8 Å². The molecule has 1 N–H and O–H groups in total. The largest absolute Gasteiger partial charge is 0.454 e. The molecule has 2 atom stereocenters. The number of fused-ring (bicyclic) bond motifs is 4. The van der Waals surface area contributed by atoms with E-state index in [1.54, 1.807) is 0 Å². The van der Waals surface area contributed by atoms with Gasteiger partial charge in [-0.2, -0.15) is 0 Å². The summed E-state index contributed by atoms with van der Waals surface area (Å²) >= 11 is 0. The molecule has 1 aromatic carbocycles. The second-order valence-corrected chi connectivity index (χ2v) is 5.73. The molecule has 1 saturated carbocycles. The van der Waals surface area contributed by atoms with E-state index >= 15 is 0 Å². The Labute approximate surface area is 107 Å². The van der Waals surface area contributed by atoms with Crippen molar-refractivity contribution in [1.29, 1.82) is 0 Å². The minimum absolute atomic E-state index is 0.189. The molecule has 2 unspecified atom stereocenters. The highest BCUT2D eigenvalue weighted by Gasteiger charge is 2.47. The van der Waals surface area contributed by atoms with Gasteiger partial charge in [0.05, 0.1) is 0 Å². The molecule has 0 aromatic heterocycles. The molecular weight excluding hydrogens is 226 g/mol. The molecule has 1 aromatic rings. The molecule has 3 aliphatic rings. The molecular formula is C15H19NO2.